The lowest BCUT2D eigenvalue weighted by molar-refractivity contribution is -0.122. The van der Waals surface area contributed by atoms with Gasteiger partial charge in [-0.3, -0.25) is 14.2 Å². The summed E-state index contributed by atoms with van der Waals surface area (Å²) in [5, 5.41) is 3.66. The van der Waals surface area contributed by atoms with Crippen LogP contribution in [0.15, 0.2) is 10.9 Å². The van der Waals surface area contributed by atoms with Gasteiger partial charge in [0.25, 0.3) is 5.56 Å². The molecule has 6 heteroatoms. The molecule has 1 amide bonds. The van der Waals surface area contributed by atoms with Gasteiger partial charge in [0, 0.05) is 10.9 Å². The molecular formula is C16H21N3O2S. The van der Waals surface area contributed by atoms with E-state index in [1.54, 1.807) is 6.92 Å². The van der Waals surface area contributed by atoms with Gasteiger partial charge in [-0.2, -0.15) is 0 Å². The van der Waals surface area contributed by atoms with E-state index in [1.165, 1.54) is 35.2 Å². The number of aromatic nitrogens is 2. The van der Waals surface area contributed by atoms with Crippen molar-refractivity contribution in [1.29, 1.82) is 0 Å². The molecule has 3 rings (SSSR count). The van der Waals surface area contributed by atoms with E-state index >= 15 is 0 Å². The van der Waals surface area contributed by atoms with Crippen molar-refractivity contribution in [2.75, 3.05) is 0 Å². The standard InChI is InChI=1S/C16H21N3O2S/c1-10-8-13-15(22-10)17-11(2)19(16(13)21)9-14(20)18-12-6-4-3-5-7-12/h8,12H,3-7,9H2,1-2H3,(H,18,20). The molecule has 0 spiro atoms. The van der Waals surface area contributed by atoms with E-state index < -0.39 is 0 Å². The lowest BCUT2D eigenvalue weighted by Crippen LogP contribution is -2.40. The van der Waals surface area contributed by atoms with Crippen LogP contribution in [-0.2, 0) is 11.3 Å². The van der Waals surface area contributed by atoms with Gasteiger partial charge in [-0.25, -0.2) is 4.98 Å². The fourth-order valence-corrected chi connectivity index (χ4v) is 4.00. The average Bonchev–Trinajstić information content (AvgIpc) is 2.85. The van der Waals surface area contributed by atoms with E-state index in [2.05, 4.69) is 10.3 Å². The second-order valence-electron chi connectivity index (χ2n) is 6.03. The molecule has 0 saturated heterocycles. The molecule has 22 heavy (non-hydrogen) atoms. The SMILES string of the molecule is Cc1cc2c(=O)n(CC(=O)NC3CCCCC3)c(C)nc2s1. The number of hydrogen-bond acceptors (Lipinski definition) is 4. The van der Waals surface area contributed by atoms with Crippen molar-refractivity contribution in [2.24, 2.45) is 0 Å². The zero-order valence-corrected chi connectivity index (χ0v) is 13.8. The van der Waals surface area contributed by atoms with Crippen LogP contribution in [0.5, 0.6) is 0 Å². The second kappa shape index (κ2) is 6.20. The van der Waals surface area contributed by atoms with Gasteiger partial charge in [0.2, 0.25) is 5.91 Å². The summed E-state index contributed by atoms with van der Waals surface area (Å²) in [7, 11) is 0. The van der Waals surface area contributed by atoms with E-state index in [0.717, 1.165) is 22.5 Å². The Labute approximate surface area is 133 Å². The van der Waals surface area contributed by atoms with Crippen LogP contribution in [0.25, 0.3) is 10.2 Å². The molecule has 0 radical (unpaired) electrons. The lowest BCUT2D eigenvalue weighted by atomic mass is 9.95. The number of aryl methyl sites for hydroxylation is 2. The Bertz CT molecular complexity index is 757. The van der Waals surface area contributed by atoms with Gasteiger partial charge < -0.3 is 5.32 Å². The first-order valence-electron chi connectivity index (χ1n) is 7.81. The number of fused-ring (bicyclic) bond motifs is 1. The molecule has 1 aliphatic carbocycles. The summed E-state index contributed by atoms with van der Waals surface area (Å²) in [5.41, 5.74) is -0.120. The summed E-state index contributed by atoms with van der Waals surface area (Å²) in [6.45, 7) is 3.80. The first-order chi connectivity index (χ1) is 10.5. The van der Waals surface area contributed by atoms with Crippen molar-refractivity contribution < 1.29 is 4.79 Å². The fraction of sp³-hybridized carbons (Fsp3) is 0.562. The number of carbonyl (C=O) groups is 1. The van der Waals surface area contributed by atoms with Crippen molar-refractivity contribution in [3.05, 3.63) is 27.1 Å². The monoisotopic (exact) mass is 319 g/mol. The van der Waals surface area contributed by atoms with Crippen molar-refractivity contribution >= 4 is 27.5 Å². The Hall–Kier alpha value is -1.69. The number of amides is 1. The zero-order valence-electron chi connectivity index (χ0n) is 13.0. The van der Waals surface area contributed by atoms with Gasteiger partial charge in [0.15, 0.2) is 0 Å². The number of hydrogen-bond donors (Lipinski definition) is 1. The summed E-state index contributed by atoms with van der Waals surface area (Å²) >= 11 is 1.51. The van der Waals surface area contributed by atoms with Crippen LogP contribution < -0.4 is 10.9 Å². The minimum absolute atomic E-state index is 0.0546. The molecule has 0 aromatic carbocycles. The smallest absolute Gasteiger partial charge is 0.262 e. The maximum absolute atomic E-state index is 12.5. The molecule has 1 aliphatic rings. The fourth-order valence-electron chi connectivity index (χ4n) is 3.09. The molecule has 5 nitrogen and oxygen atoms in total. The van der Waals surface area contributed by atoms with Crippen LogP contribution >= 0.6 is 11.3 Å². The molecule has 1 saturated carbocycles. The van der Waals surface area contributed by atoms with E-state index in [9.17, 15) is 9.59 Å². The summed E-state index contributed by atoms with van der Waals surface area (Å²) < 4.78 is 1.48. The molecule has 2 aromatic rings. The highest BCUT2D eigenvalue weighted by atomic mass is 32.1. The third-order valence-electron chi connectivity index (χ3n) is 4.24. The van der Waals surface area contributed by atoms with Crippen LogP contribution in [0.4, 0.5) is 0 Å². The predicted molar refractivity (Wildman–Crippen MR) is 88.4 cm³/mol. The normalized spacial score (nSPS) is 16.1. The maximum Gasteiger partial charge on any atom is 0.262 e. The largest absolute Gasteiger partial charge is 0.352 e. The molecule has 1 N–H and O–H groups in total. The van der Waals surface area contributed by atoms with Crippen LogP contribution in [0, 0.1) is 13.8 Å². The van der Waals surface area contributed by atoms with Crippen LogP contribution in [0.3, 0.4) is 0 Å². The number of rotatable bonds is 3. The van der Waals surface area contributed by atoms with Gasteiger partial charge in [0.1, 0.15) is 17.2 Å². The van der Waals surface area contributed by atoms with E-state index in [-0.39, 0.29) is 24.1 Å². The molecular weight excluding hydrogens is 298 g/mol. The predicted octanol–water partition coefficient (Wildman–Crippen LogP) is 2.52. The maximum atomic E-state index is 12.5. The first-order valence-corrected chi connectivity index (χ1v) is 8.63. The molecule has 2 aromatic heterocycles. The van der Waals surface area contributed by atoms with Gasteiger partial charge >= 0.3 is 0 Å². The highest BCUT2D eigenvalue weighted by molar-refractivity contribution is 7.18. The highest BCUT2D eigenvalue weighted by Crippen LogP contribution is 2.20. The van der Waals surface area contributed by atoms with Crippen molar-refractivity contribution in [2.45, 2.75) is 58.5 Å². The Morgan fingerprint density at radius 1 is 1.36 bits per heavy atom. The Balaban J connectivity index is 1.80. The van der Waals surface area contributed by atoms with Gasteiger partial charge in [-0.15, -0.1) is 11.3 Å². The van der Waals surface area contributed by atoms with Crippen molar-refractivity contribution in [3.63, 3.8) is 0 Å². The second-order valence-corrected chi connectivity index (χ2v) is 7.26. The Kier molecular flexibility index (Phi) is 4.29. The highest BCUT2D eigenvalue weighted by Gasteiger charge is 2.18. The number of thiophene rings is 1. The molecule has 0 aliphatic heterocycles. The summed E-state index contributed by atoms with van der Waals surface area (Å²) in [6.07, 6.45) is 5.68. The summed E-state index contributed by atoms with van der Waals surface area (Å²) in [6, 6.07) is 2.11. The Morgan fingerprint density at radius 3 is 2.82 bits per heavy atom. The lowest BCUT2D eigenvalue weighted by Gasteiger charge is -2.23. The third-order valence-corrected chi connectivity index (χ3v) is 5.18. The number of nitrogens with zero attached hydrogens (tertiary/aromatic N) is 2. The molecule has 0 atom stereocenters. The third kappa shape index (κ3) is 3.06. The topological polar surface area (TPSA) is 64.0 Å². The number of carbonyl (C=O) groups excluding carboxylic acids is 1. The average molecular weight is 319 g/mol. The zero-order chi connectivity index (χ0) is 15.7. The van der Waals surface area contributed by atoms with Crippen LogP contribution in [-0.4, -0.2) is 21.5 Å². The van der Waals surface area contributed by atoms with E-state index in [0.29, 0.717) is 11.2 Å². The van der Waals surface area contributed by atoms with Crippen LogP contribution in [0.1, 0.15) is 42.8 Å². The minimum atomic E-state index is -0.120. The first kappa shape index (κ1) is 15.2. The van der Waals surface area contributed by atoms with Gasteiger partial charge in [-0.05, 0) is 32.8 Å². The van der Waals surface area contributed by atoms with E-state index in [4.69, 9.17) is 0 Å². The summed E-state index contributed by atoms with van der Waals surface area (Å²) in [5.74, 6) is 0.503. The van der Waals surface area contributed by atoms with E-state index in [1.807, 2.05) is 13.0 Å². The number of nitrogens with one attached hydrogen (secondary N) is 1. The Morgan fingerprint density at radius 2 is 2.09 bits per heavy atom. The van der Waals surface area contributed by atoms with Gasteiger partial charge in [-0.1, -0.05) is 19.3 Å². The molecule has 2 heterocycles. The molecule has 0 unspecified atom stereocenters. The quantitative estimate of drug-likeness (QED) is 0.945. The van der Waals surface area contributed by atoms with Crippen molar-refractivity contribution in [3.8, 4) is 0 Å². The summed E-state index contributed by atoms with van der Waals surface area (Å²) in [4.78, 5) is 31.0. The molecule has 0 bridgehead atoms. The molecule has 1 fully saturated rings. The van der Waals surface area contributed by atoms with Crippen molar-refractivity contribution in [1.82, 2.24) is 14.9 Å². The van der Waals surface area contributed by atoms with Gasteiger partial charge in [0.05, 0.1) is 5.39 Å². The molecule has 118 valence electrons. The minimum Gasteiger partial charge on any atom is -0.352 e. The van der Waals surface area contributed by atoms with Crippen LogP contribution in [0.2, 0.25) is 0 Å².